The van der Waals surface area contributed by atoms with E-state index in [-0.39, 0.29) is 22.9 Å². The van der Waals surface area contributed by atoms with Gasteiger partial charge in [-0.3, -0.25) is 4.79 Å². The van der Waals surface area contributed by atoms with Crippen molar-refractivity contribution in [3.63, 3.8) is 0 Å². The van der Waals surface area contributed by atoms with Gasteiger partial charge in [0.15, 0.2) is 9.84 Å². The second-order valence-corrected chi connectivity index (χ2v) is 7.01. The molecule has 0 aromatic heterocycles. The Morgan fingerprint density at radius 2 is 2.00 bits per heavy atom. The number of hydrogen-bond acceptors (Lipinski definition) is 5. The number of phenols is 1. The Balaban J connectivity index is 3.12. The maximum atomic E-state index is 11.9. The van der Waals surface area contributed by atoms with Crippen LogP contribution in [-0.2, 0) is 14.6 Å². The fraction of sp³-hybridized carbons (Fsp3) is 0.417. The Bertz CT molecular complexity index is 594. The number of rotatable bonds is 4. The number of nitrogens with one attached hydrogen (secondary N) is 1. The Kier molecular flexibility index (Phi) is 4.21. The topological polar surface area (TPSA) is 109 Å². The van der Waals surface area contributed by atoms with Crippen molar-refractivity contribution in [1.82, 2.24) is 0 Å². The molecule has 4 N–H and O–H groups in total. The largest absolute Gasteiger partial charge is 0.506 e. The van der Waals surface area contributed by atoms with Crippen LogP contribution < -0.4 is 11.1 Å². The molecule has 6 nitrogen and oxygen atoms in total. The minimum Gasteiger partial charge on any atom is -0.506 e. The van der Waals surface area contributed by atoms with Crippen molar-refractivity contribution < 1.29 is 18.3 Å². The van der Waals surface area contributed by atoms with Gasteiger partial charge in [-0.05, 0) is 32.0 Å². The first-order valence-electron chi connectivity index (χ1n) is 5.62. The minimum atomic E-state index is -3.41. The number of amides is 1. The zero-order valence-electron chi connectivity index (χ0n) is 11.1. The number of hydrogen-bond donors (Lipinski definition) is 3. The van der Waals surface area contributed by atoms with E-state index in [1.807, 2.05) is 0 Å². The number of anilines is 1. The van der Waals surface area contributed by atoms with Gasteiger partial charge >= 0.3 is 0 Å². The summed E-state index contributed by atoms with van der Waals surface area (Å²) in [5.41, 5.74) is 4.72. The van der Waals surface area contributed by atoms with E-state index in [0.717, 1.165) is 6.26 Å². The molecule has 0 saturated carbocycles. The molecule has 0 fully saturated rings. The van der Waals surface area contributed by atoms with Gasteiger partial charge in [0.1, 0.15) is 5.75 Å². The van der Waals surface area contributed by atoms with Crippen LogP contribution in [0, 0.1) is 5.41 Å². The van der Waals surface area contributed by atoms with E-state index in [9.17, 15) is 18.3 Å². The Hall–Kier alpha value is -1.60. The first-order valence-corrected chi connectivity index (χ1v) is 7.51. The van der Waals surface area contributed by atoms with E-state index in [0.29, 0.717) is 0 Å². The second-order valence-electron chi connectivity index (χ2n) is 4.99. The second kappa shape index (κ2) is 5.18. The molecule has 0 atom stereocenters. The van der Waals surface area contributed by atoms with Gasteiger partial charge in [0.05, 0.1) is 16.0 Å². The highest BCUT2D eigenvalue weighted by atomic mass is 32.2. The molecule has 0 saturated heterocycles. The summed E-state index contributed by atoms with van der Waals surface area (Å²) >= 11 is 0. The van der Waals surface area contributed by atoms with E-state index in [1.54, 1.807) is 13.8 Å². The molecule has 0 radical (unpaired) electrons. The molecular weight excluding hydrogens is 268 g/mol. The molecule has 1 aromatic carbocycles. The van der Waals surface area contributed by atoms with E-state index >= 15 is 0 Å². The highest BCUT2D eigenvalue weighted by molar-refractivity contribution is 7.90. The molecule has 7 heteroatoms. The van der Waals surface area contributed by atoms with Crippen molar-refractivity contribution in [2.24, 2.45) is 11.1 Å². The van der Waals surface area contributed by atoms with E-state index in [4.69, 9.17) is 5.73 Å². The fourth-order valence-electron chi connectivity index (χ4n) is 1.23. The zero-order chi connectivity index (χ0) is 14.8. The van der Waals surface area contributed by atoms with Gasteiger partial charge in [0.25, 0.3) is 0 Å². The van der Waals surface area contributed by atoms with Crippen LogP contribution in [0.3, 0.4) is 0 Å². The number of carbonyl (C=O) groups is 1. The van der Waals surface area contributed by atoms with Crippen LogP contribution in [0.2, 0.25) is 0 Å². The molecule has 106 valence electrons. The summed E-state index contributed by atoms with van der Waals surface area (Å²) in [6, 6.07) is 3.71. The molecule has 0 unspecified atom stereocenters. The lowest BCUT2D eigenvalue weighted by Crippen LogP contribution is -2.37. The van der Waals surface area contributed by atoms with Crippen LogP contribution in [0.15, 0.2) is 23.1 Å². The molecule has 0 heterocycles. The monoisotopic (exact) mass is 286 g/mol. The van der Waals surface area contributed by atoms with Crippen molar-refractivity contribution in [2.45, 2.75) is 18.7 Å². The highest BCUT2D eigenvalue weighted by Gasteiger charge is 2.26. The van der Waals surface area contributed by atoms with Gasteiger partial charge in [0.2, 0.25) is 5.91 Å². The quantitative estimate of drug-likeness (QED) is 0.706. The predicted octanol–water partition coefficient (Wildman–Crippen LogP) is 0.719. The van der Waals surface area contributed by atoms with E-state index in [1.165, 1.54) is 18.2 Å². The molecule has 0 bridgehead atoms. The van der Waals surface area contributed by atoms with Gasteiger partial charge in [-0.1, -0.05) is 0 Å². The van der Waals surface area contributed by atoms with Crippen molar-refractivity contribution in [3.8, 4) is 5.75 Å². The number of nitrogens with two attached hydrogens (primary N) is 1. The van der Waals surface area contributed by atoms with Gasteiger partial charge < -0.3 is 16.2 Å². The van der Waals surface area contributed by atoms with Crippen molar-refractivity contribution in [3.05, 3.63) is 18.2 Å². The van der Waals surface area contributed by atoms with Crippen LogP contribution in [0.25, 0.3) is 0 Å². The Morgan fingerprint density at radius 1 is 1.42 bits per heavy atom. The van der Waals surface area contributed by atoms with Gasteiger partial charge in [0, 0.05) is 12.8 Å². The lowest BCUT2D eigenvalue weighted by atomic mass is 9.92. The molecule has 0 spiro atoms. The first kappa shape index (κ1) is 15.5. The molecule has 1 amide bonds. The molecule has 1 aromatic rings. The van der Waals surface area contributed by atoms with Crippen LogP contribution in [0.5, 0.6) is 5.75 Å². The Morgan fingerprint density at radius 3 is 2.47 bits per heavy atom. The third kappa shape index (κ3) is 3.68. The SMILES string of the molecule is CC(C)(CN)C(=O)Nc1cc(S(C)(=O)=O)ccc1O. The standard InChI is InChI=1S/C12H18N2O4S/c1-12(2,7-13)11(16)14-9-6-8(19(3,17)18)4-5-10(9)15/h4-6,15H,7,13H2,1-3H3,(H,14,16). The van der Waals surface area contributed by atoms with Gasteiger partial charge in [-0.2, -0.15) is 0 Å². The van der Waals surface area contributed by atoms with Crippen molar-refractivity contribution >= 4 is 21.4 Å². The number of benzene rings is 1. The van der Waals surface area contributed by atoms with Crippen LogP contribution >= 0.6 is 0 Å². The summed E-state index contributed by atoms with van der Waals surface area (Å²) in [6.07, 6.45) is 1.05. The molecule has 0 aliphatic carbocycles. The van der Waals surface area contributed by atoms with E-state index in [2.05, 4.69) is 5.32 Å². The normalized spacial score (nSPS) is 12.2. The summed E-state index contributed by atoms with van der Waals surface area (Å²) < 4.78 is 22.8. The maximum Gasteiger partial charge on any atom is 0.231 e. The predicted molar refractivity (Wildman–Crippen MR) is 72.7 cm³/mol. The minimum absolute atomic E-state index is 0.0196. The number of sulfone groups is 1. The first-order chi connectivity index (χ1) is 8.58. The molecule has 0 aliphatic heterocycles. The lowest BCUT2D eigenvalue weighted by Gasteiger charge is -2.21. The van der Waals surface area contributed by atoms with E-state index < -0.39 is 21.2 Å². The average Bonchev–Trinajstić information content (AvgIpc) is 2.30. The lowest BCUT2D eigenvalue weighted by molar-refractivity contribution is -0.123. The zero-order valence-corrected chi connectivity index (χ0v) is 11.9. The van der Waals surface area contributed by atoms with Crippen LogP contribution in [0.4, 0.5) is 5.69 Å². The van der Waals surface area contributed by atoms with Crippen LogP contribution in [-0.4, -0.2) is 32.2 Å². The summed E-state index contributed by atoms with van der Waals surface area (Å²) in [5, 5.41) is 12.1. The van der Waals surface area contributed by atoms with Crippen LogP contribution in [0.1, 0.15) is 13.8 Å². The summed E-state index contributed by atoms with van der Waals surface area (Å²) in [7, 11) is -3.41. The number of carbonyl (C=O) groups excluding carboxylic acids is 1. The molecular formula is C12H18N2O4S. The molecule has 19 heavy (non-hydrogen) atoms. The Labute approximate surface area is 112 Å². The summed E-state index contributed by atoms with van der Waals surface area (Å²) in [6.45, 7) is 3.44. The molecule has 1 rings (SSSR count). The highest BCUT2D eigenvalue weighted by Crippen LogP contribution is 2.28. The van der Waals surface area contributed by atoms with Crippen molar-refractivity contribution in [2.75, 3.05) is 18.1 Å². The smallest absolute Gasteiger partial charge is 0.231 e. The maximum absolute atomic E-state index is 11.9. The average molecular weight is 286 g/mol. The third-order valence-corrected chi connectivity index (χ3v) is 3.88. The fourth-order valence-corrected chi connectivity index (χ4v) is 1.88. The van der Waals surface area contributed by atoms with Crippen molar-refractivity contribution in [1.29, 1.82) is 0 Å². The summed E-state index contributed by atoms with van der Waals surface area (Å²) in [4.78, 5) is 11.9. The van der Waals surface area contributed by atoms with Gasteiger partial charge in [-0.15, -0.1) is 0 Å². The number of aromatic hydroxyl groups is 1. The third-order valence-electron chi connectivity index (χ3n) is 2.77. The number of phenolic OH excluding ortho intramolecular Hbond substituents is 1. The summed E-state index contributed by atoms with van der Waals surface area (Å²) in [5.74, 6) is -0.593. The molecule has 0 aliphatic rings. The van der Waals surface area contributed by atoms with Gasteiger partial charge in [-0.25, -0.2) is 8.42 Å².